The number of ether oxygens (including phenoxy) is 1. The maximum atomic E-state index is 13.9. The second-order valence-electron chi connectivity index (χ2n) is 15.3. The third-order valence-corrected chi connectivity index (χ3v) is 11.1. The van der Waals surface area contributed by atoms with Crippen LogP contribution in [0.3, 0.4) is 0 Å². The van der Waals surface area contributed by atoms with Crippen LogP contribution in [0.1, 0.15) is 77.7 Å². The summed E-state index contributed by atoms with van der Waals surface area (Å²) in [5.41, 5.74) is 20.1. The van der Waals surface area contributed by atoms with E-state index in [1.165, 1.54) is 12.8 Å². The molecule has 11 heteroatoms. The van der Waals surface area contributed by atoms with Crippen molar-refractivity contribution in [2.45, 2.75) is 95.9 Å². The summed E-state index contributed by atoms with van der Waals surface area (Å²) in [6, 6.07) is 7.77. The lowest BCUT2D eigenvalue weighted by molar-refractivity contribution is -0.143. The predicted molar refractivity (Wildman–Crippen MR) is 178 cm³/mol. The highest BCUT2D eigenvalue weighted by molar-refractivity contribution is 5.80. The molecule has 1 aromatic carbocycles. The van der Waals surface area contributed by atoms with Gasteiger partial charge >= 0.3 is 6.09 Å². The summed E-state index contributed by atoms with van der Waals surface area (Å²) in [5.74, 6) is 0.659. The number of aromatic hydroxyl groups is 1. The largest absolute Gasteiger partial charge is 0.507 e. The number of amides is 2. The van der Waals surface area contributed by atoms with E-state index in [4.69, 9.17) is 21.9 Å². The number of phenolic OH excluding ortho intramolecular Hbond substituents is 1. The van der Waals surface area contributed by atoms with E-state index in [1.54, 1.807) is 24.3 Å². The maximum Gasteiger partial charge on any atom is 0.410 e. The lowest BCUT2D eigenvalue weighted by atomic mass is 9.59. The number of phenols is 1. The summed E-state index contributed by atoms with van der Waals surface area (Å²) >= 11 is 0. The van der Waals surface area contributed by atoms with E-state index in [1.807, 2.05) is 31.7 Å². The summed E-state index contributed by atoms with van der Waals surface area (Å²) in [4.78, 5) is 35.2. The molecule has 0 radical (unpaired) electrons. The molecule has 1 spiro atoms. The molecule has 6 rings (SSSR count). The summed E-state index contributed by atoms with van der Waals surface area (Å²) in [6.45, 7) is 10.6. The summed E-state index contributed by atoms with van der Waals surface area (Å²) in [5, 5.41) is 10.3. The van der Waals surface area contributed by atoms with Gasteiger partial charge in [-0.15, -0.1) is 0 Å². The van der Waals surface area contributed by atoms with Gasteiger partial charge in [-0.1, -0.05) is 12.1 Å². The Bertz CT molecular complexity index is 1340. The van der Waals surface area contributed by atoms with Crippen LogP contribution >= 0.6 is 0 Å². The van der Waals surface area contributed by atoms with Gasteiger partial charge in [0.15, 0.2) is 0 Å². The number of piperidine rings is 2. The number of hydrogen-bond donors (Lipinski definition) is 4. The topological polar surface area (TPSA) is 155 Å². The second-order valence-corrected chi connectivity index (χ2v) is 15.3. The molecule has 46 heavy (non-hydrogen) atoms. The quantitative estimate of drug-likeness (QED) is 0.357. The fourth-order valence-electron chi connectivity index (χ4n) is 8.58. The van der Waals surface area contributed by atoms with E-state index < -0.39 is 5.60 Å². The smallest absolute Gasteiger partial charge is 0.410 e. The molecule has 7 N–H and O–H groups in total. The molecule has 252 valence electrons. The van der Waals surface area contributed by atoms with Crippen molar-refractivity contribution >= 4 is 17.7 Å². The molecule has 5 fully saturated rings. The number of carbonyl (C=O) groups is 2. The second kappa shape index (κ2) is 12.5. The molecule has 1 aromatic rings. The molecule has 1 aliphatic carbocycles. The molecular weight excluding hydrogens is 582 g/mol. The predicted octanol–water partition coefficient (Wildman–Crippen LogP) is 3.35. The van der Waals surface area contributed by atoms with E-state index in [-0.39, 0.29) is 35.7 Å². The molecule has 4 aliphatic heterocycles. The number of para-hydroxylation sites is 1. The standard InChI is InChI=1S/C35H53N7O4/c1-34(2,3)46-33(45)40-16-12-35(13-17-40)19-26(20-35)39-14-10-23(11-15-39)32(44)42-24-8-9-25(42)22-41(21-24)29(31(37)38)18-28(36)27-6-4-5-7-30(27)43/h4-7,18,23-26,43H,8-17,19-22,36-38H2,1-3H3/b28-18-. The molecule has 0 aromatic heterocycles. The lowest BCUT2D eigenvalue weighted by Crippen LogP contribution is -2.59. The highest BCUT2D eigenvalue weighted by atomic mass is 16.6. The first-order valence-corrected chi connectivity index (χ1v) is 17.1. The van der Waals surface area contributed by atoms with E-state index in [9.17, 15) is 14.7 Å². The number of benzene rings is 1. The Hall–Kier alpha value is -3.60. The van der Waals surface area contributed by atoms with Crippen molar-refractivity contribution in [3.63, 3.8) is 0 Å². The number of rotatable bonds is 5. The van der Waals surface area contributed by atoms with Gasteiger partial charge in [0.2, 0.25) is 5.91 Å². The lowest BCUT2D eigenvalue weighted by Gasteiger charge is -2.56. The zero-order chi connectivity index (χ0) is 32.8. The van der Waals surface area contributed by atoms with Crippen LogP contribution in [0.15, 0.2) is 41.9 Å². The Kier molecular flexibility index (Phi) is 8.82. The van der Waals surface area contributed by atoms with E-state index in [2.05, 4.69) is 14.7 Å². The van der Waals surface area contributed by atoms with Crippen LogP contribution in [0.4, 0.5) is 4.79 Å². The van der Waals surface area contributed by atoms with Crippen LogP contribution in [0.5, 0.6) is 5.75 Å². The number of nitrogens with zero attached hydrogens (tertiary/aromatic N) is 4. The minimum Gasteiger partial charge on any atom is -0.507 e. The van der Waals surface area contributed by atoms with Gasteiger partial charge in [0.05, 0.1) is 5.70 Å². The van der Waals surface area contributed by atoms with Gasteiger partial charge in [0.25, 0.3) is 0 Å². The summed E-state index contributed by atoms with van der Waals surface area (Å²) in [7, 11) is 0. The molecular formula is C35H53N7O4. The minimum absolute atomic E-state index is 0.0724. The van der Waals surface area contributed by atoms with Crippen molar-refractivity contribution in [1.29, 1.82) is 0 Å². The number of carbonyl (C=O) groups excluding carboxylic acids is 2. The van der Waals surface area contributed by atoms with Gasteiger partial charge in [0.1, 0.15) is 17.2 Å². The molecule has 2 amide bonds. The molecule has 2 atom stereocenters. The fraction of sp³-hybridized carbons (Fsp3) is 0.657. The van der Waals surface area contributed by atoms with Gasteiger partial charge in [-0.3, -0.25) is 4.79 Å². The molecule has 4 heterocycles. The highest BCUT2D eigenvalue weighted by Gasteiger charge is 2.50. The fourth-order valence-corrected chi connectivity index (χ4v) is 8.58. The third kappa shape index (κ3) is 6.61. The van der Waals surface area contributed by atoms with Gasteiger partial charge in [-0.25, -0.2) is 4.79 Å². The summed E-state index contributed by atoms with van der Waals surface area (Å²) < 4.78 is 5.58. The molecule has 1 saturated carbocycles. The molecule has 2 unspecified atom stereocenters. The van der Waals surface area contributed by atoms with Crippen LogP contribution in [-0.2, 0) is 9.53 Å². The van der Waals surface area contributed by atoms with Crippen LogP contribution in [0, 0.1) is 11.3 Å². The van der Waals surface area contributed by atoms with Crippen molar-refractivity contribution in [3.8, 4) is 5.75 Å². The third-order valence-electron chi connectivity index (χ3n) is 11.1. The van der Waals surface area contributed by atoms with Crippen molar-refractivity contribution < 1.29 is 19.4 Å². The maximum absolute atomic E-state index is 13.9. The molecule has 11 nitrogen and oxygen atoms in total. The Morgan fingerprint density at radius 3 is 2.07 bits per heavy atom. The van der Waals surface area contributed by atoms with E-state index in [0.29, 0.717) is 47.4 Å². The highest BCUT2D eigenvalue weighted by Crippen LogP contribution is 2.51. The van der Waals surface area contributed by atoms with Crippen molar-refractivity contribution in [1.82, 2.24) is 19.6 Å². The van der Waals surface area contributed by atoms with Crippen LogP contribution < -0.4 is 17.2 Å². The minimum atomic E-state index is -0.462. The first-order valence-electron chi connectivity index (χ1n) is 17.1. The zero-order valence-electron chi connectivity index (χ0n) is 27.8. The number of allylic oxidation sites excluding steroid dienone is 1. The zero-order valence-corrected chi connectivity index (χ0v) is 27.8. The van der Waals surface area contributed by atoms with Crippen molar-refractivity contribution in [2.24, 2.45) is 28.5 Å². The SMILES string of the molecule is CC(C)(C)OC(=O)N1CCC2(CC1)CC(N1CCC(C(=O)N3C4CCC3CN(C(/C=C(\N)c3ccccc3O)=C(N)N)C4)CC1)C2. The van der Waals surface area contributed by atoms with Gasteiger partial charge in [-0.05, 0) is 109 Å². The van der Waals surface area contributed by atoms with Crippen molar-refractivity contribution in [3.05, 3.63) is 47.4 Å². The Morgan fingerprint density at radius 1 is 0.891 bits per heavy atom. The van der Waals surface area contributed by atoms with E-state index in [0.717, 1.165) is 64.7 Å². The normalized spacial score (nSPS) is 25.8. The first-order chi connectivity index (χ1) is 21.8. The van der Waals surface area contributed by atoms with Crippen LogP contribution in [-0.4, -0.2) is 99.7 Å². The van der Waals surface area contributed by atoms with Gasteiger partial charge in [0, 0.05) is 61.5 Å². The van der Waals surface area contributed by atoms with Gasteiger partial charge < -0.3 is 46.6 Å². The van der Waals surface area contributed by atoms with E-state index >= 15 is 0 Å². The number of hydrogen-bond acceptors (Lipinski definition) is 9. The van der Waals surface area contributed by atoms with Crippen molar-refractivity contribution in [2.75, 3.05) is 39.3 Å². The van der Waals surface area contributed by atoms with Crippen LogP contribution in [0.25, 0.3) is 5.70 Å². The number of likely N-dealkylation sites (tertiary alicyclic amines) is 3. The molecule has 4 saturated heterocycles. The first kappa shape index (κ1) is 32.3. The Balaban J connectivity index is 0.988. The average molecular weight is 636 g/mol. The van der Waals surface area contributed by atoms with Gasteiger partial charge in [-0.2, -0.15) is 0 Å². The van der Waals surface area contributed by atoms with Crippen LogP contribution in [0.2, 0.25) is 0 Å². The average Bonchev–Trinajstić information content (AvgIpc) is 3.26. The number of fused-ring (bicyclic) bond motifs is 2. The summed E-state index contributed by atoms with van der Waals surface area (Å²) in [6.07, 6.45) is 9.81. The number of piperazine rings is 1. The molecule has 2 bridgehead atoms. The number of nitrogens with two attached hydrogens (primary N) is 3. The molecule has 5 aliphatic rings. The monoisotopic (exact) mass is 635 g/mol. The Morgan fingerprint density at radius 2 is 1.50 bits per heavy atom. The Labute approximate surface area is 273 Å².